The van der Waals surface area contributed by atoms with Crippen molar-refractivity contribution < 1.29 is 9.50 Å². The zero-order valence-electron chi connectivity index (χ0n) is 6.00. The molecular weight excluding hydrogens is 143 g/mol. The lowest BCUT2D eigenvalue weighted by Crippen LogP contribution is -2.14. The molecule has 0 aliphatic rings. The van der Waals surface area contributed by atoms with Crippen molar-refractivity contribution in [3.05, 3.63) is 48.6 Å². The van der Waals surface area contributed by atoms with Gasteiger partial charge < -0.3 is 5.11 Å². The van der Waals surface area contributed by atoms with E-state index in [0.717, 1.165) is 6.08 Å². The molecule has 0 saturated carbocycles. The van der Waals surface area contributed by atoms with Crippen LogP contribution in [0.4, 0.5) is 4.39 Å². The Balaban J connectivity index is 3.02. The summed E-state index contributed by atoms with van der Waals surface area (Å²) in [5, 5.41) is 9.01. The van der Waals surface area contributed by atoms with Gasteiger partial charge in [-0.1, -0.05) is 36.9 Å². The van der Waals surface area contributed by atoms with Gasteiger partial charge >= 0.3 is 0 Å². The zero-order chi connectivity index (χ0) is 8.32. The van der Waals surface area contributed by atoms with Crippen molar-refractivity contribution in [2.45, 2.75) is 5.85 Å². The van der Waals surface area contributed by atoms with E-state index in [1.54, 1.807) is 18.2 Å². The molecule has 58 valence electrons. The minimum absolute atomic E-state index is 0.204. The summed E-state index contributed by atoms with van der Waals surface area (Å²) < 4.78 is 13.0. The van der Waals surface area contributed by atoms with E-state index in [0.29, 0.717) is 0 Å². The molecule has 0 amide bonds. The maximum absolute atomic E-state index is 13.0. The highest BCUT2D eigenvalue weighted by Gasteiger charge is 2.22. The van der Waals surface area contributed by atoms with Crippen LogP contribution in [-0.2, 0) is 5.85 Å². The summed E-state index contributed by atoms with van der Waals surface area (Å²) in [5.41, 5.74) is 0.204. The summed E-state index contributed by atoms with van der Waals surface area (Å²) in [7, 11) is 0. The Bertz CT molecular complexity index is 241. The molecule has 0 bridgehead atoms. The fourth-order valence-corrected chi connectivity index (χ4v) is 0.790. The second-order valence-corrected chi connectivity index (χ2v) is 2.24. The van der Waals surface area contributed by atoms with Gasteiger partial charge in [-0.05, 0) is 6.08 Å². The first kappa shape index (κ1) is 7.95. The van der Waals surface area contributed by atoms with E-state index in [1.165, 1.54) is 12.1 Å². The Morgan fingerprint density at radius 3 is 2.36 bits per heavy atom. The molecular formula is C9H9FO. The third-order valence-electron chi connectivity index (χ3n) is 1.45. The molecule has 0 fully saturated rings. The maximum Gasteiger partial charge on any atom is 0.252 e. The average Bonchev–Trinajstić information content (AvgIpc) is 2.06. The van der Waals surface area contributed by atoms with E-state index in [-0.39, 0.29) is 5.56 Å². The summed E-state index contributed by atoms with van der Waals surface area (Å²) in [5.74, 6) is -2.40. The molecule has 0 aromatic heterocycles. The molecule has 1 atom stereocenters. The summed E-state index contributed by atoms with van der Waals surface area (Å²) in [4.78, 5) is 0. The Labute approximate surface area is 64.8 Å². The molecule has 1 aromatic carbocycles. The lowest BCUT2D eigenvalue weighted by atomic mass is 10.1. The molecule has 11 heavy (non-hydrogen) atoms. The first-order valence-electron chi connectivity index (χ1n) is 3.27. The summed E-state index contributed by atoms with van der Waals surface area (Å²) >= 11 is 0. The number of alkyl halides is 1. The molecule has 1 N–H and O–H groups in total. The van der Waals surface area contributed by atoms with E-state index in [4.69, 9.17) is 5.11 Å². The third-order valence-corrected chi connectivity index (χ3v) is 1.45. The second kappa shape index (κ2) is 2.84. The number of aliphatic hydroxyl groups is 1. The lowest BCUT2D eigenvalue weighted by molar-refractivity contribution is -0.0465. The maximum atomic E-state index is 13.0. The van der Waals surface area contributed by atoms with Crippen LogP contribution in [0.15, 0.2) is 43.0 Å². The SMILES string of the molecule is C=CC(O)(F)c1ccccc1. The van der Waals surface area contributed by atoms with Gasteiger partial charge in [-0.25, -0.2) is 4.39 Å². The third kappa shape index (κ3) is 1.65. The first-order valence-corrected chi connectivity index (χ1v) is 3.27. The minimum Gasteiger partial charge on any atom is -0.355 e. The number of hydrogen-bond acceptors (Lipinski definition) is 1. The van der Waals surface area contributed by atoms with Gasteiger partial charge in [0.2, 0.25) is 0 Å². The molecule has 0 saturated heterocycles. The first-order chi connectivity index (χ1) is 5.17. The standard InChI is InChI=1S/C9H9FO/c1-2-9(10,11)8-6-4-3-5-7-8/h2-7,11H,1H2. The molecule has 0 aliphatic carbocycles. The highest BCUT2D eigenvalue weighted by atomic mass is 19.2. The zero-order valence-corrected chi connectivity index (χ0v) is 6.00. The normalized spacial score (nSPS) is 15.5. The van der Waals surface area contributed by atoms with Gasteiger partial charge in [0.25, 0.3) is 5.85 Å². The monoisotopic (exact) mass is 152 g/mol. The van der Waals surface area contributed by atoms with E-state index in [9.17, 15) is 4.39 Å². The number of halogens is 1. The molecule has 1 rings (SSSR count). The van der Waals surface area contributed by atoms with E-state index < -0.39 is 5.85 Å². The van der Waals surface area contributed by atoms with Crippen molar-refractivity contribution in [3.8, 4) is 0 Å². The van der Waals surface area contributed by atoms with E-state index in [1.807, 2.05) is 0 Å². The van der Waals surface area contributed by atoms with Crippen molar-refractivity contribution >= 4 is 0 Å². The summed E-state index contributed by atoms with van der Waals surface area (Å²) in [6.07, 6.45) is 0.863. The lowest BCUT2D eigenvalue weighted by Gasteiger charge is -2.13. The van der Waals surface area contributed by atoms with E-state index >= 15 is 0 Å². The fraction of sp³-hybridized carbons (Fsp3) is 0.111. The van der Waals surface area contributed by atoms with Crippen LogP contribution >= 0.6 is 0 Å². The van der Waals surface area contributed by atoms with Gasteiger partial charge in [0.1, 0.15) is 0 Å². The van der Waals surface area contributed by atoms with Crippen LogP contribution in [0.2, 0.25) is 0 Å². The average molecular weight is 152 g/mol. The molecule has 2 heteroatoms. The highest BCUT2D eigenvalue weighted by molar-refractivity contribution is 5.23. The van der Waals surface area contributed by atoms with Crippen molar-refractivity contribution in [2.24, 2.45) is 0 Å². The molecule has 1 aromatic rings. The number of benzene rings is 1. The van der Waals surface area contributed by atoms with Gasteiger partial charge in [0.05, 0.1) is 0 Å². The molecule has 0 aliphatic heterocycles. The summed E-state index contributed by atoms with van der Waals surface area (Å²) in [6, 6.07) is 8.07. The Kier molecular flexibility index (Phi) is 2.06. The van der Waals surface area contributed by atoms with Crippen LogP contribution < -0.4 is 0 Å². The smallest absolute Gasteiger partial charge is 0.252 e. The van der Waals surface area contributed by atoms with Crippen molar-refractivity contribution in [1.82, 2.24) is 0 Å². The van der Waals surface area contributed by atoms with Crippen molar-refractivity contribution in [3.63, 3.8) is 0 Å². The Morgan fingerprint density at radius 1 is 1.36 bits per heavy atom. The molecule has 1 nitrogen and oxygen atoms in total. The minimum atomic E-state index is -2.40. The topological polar surface area (TPSA) is 20.2 Å². The molecule has 0 spiro atoms. The van der Waals surface area contributed by atoms with Crippen LogP contribution in [0.3, 0.4) is 0 Å². The molecule has 0 radical (unpaired) electrons. The van der Waals surface area contributed by atoms with Crippen LogP contribution in [0.1, 0.15) is 5.56 Å². The molecule has 1 unspecified atom stereocenters. The van der Waals surface area contributed by atoms with Crippen LogP contribution in [0, 0.1) is 0 Å². The number of hydrogen-bond donors (Lipinski definition) is 1. The van der Waals surface area contributed by atoms with Gasteiger partial charge in [0.15, 0.2) is 0 Å². The summed E-state index contributed by atoms with van der Waals surface area (Å²) in [6.45, 7) is 3.18. The van der Waals surface area contributed by atoms with Crippen LogP contribution in [-0.4, -0.2) is 5.11 Å². The second-order valence-electron chi connectivity index (χ2n) is 2.24. The quantitative estimate of drug-likeness (QED) is 0.642. The van der Waals surface area contributed by atoms with Gasteiger partial charge in [-0.3, -0.25) is 0 Å². The van der Waals surface area contributed by atoms with Crippen LogP contribution in [0.5, 0.6) is 0 Å². The van der Waals surface area contributed by atoms with Gasteiger partial charge in [-0.2, -0.15) is 0 Å². The highest BCUT2D eigenvalue weighted by Crippen LogP contribution is 2.22. The predicted octanol–water partition coefficient (Wildman–Crippen LogP) is 1.99. The van der Waals surface area contributed by atoms with Crippen molar-refractivity contribution in [2.75, 3.05) is 0 Å². The fourth-order valence-electron chi connectivity index (χ4n) is 0.790. The largest absolute Gasteiger partial charge is 0.355 e. The van der Waals surface area contributed by atoms with Crippen molar-refractivity contribution in [1.29, 1.82) is 0 Å². The Hall–Kier alpha value is -1.15. The van der Waals surface area contributed by atoms with Crippen LogP contribution in [0.25, 0.3) is 0 Å². The predicted molar refractivity (Wildman–Crippen MR) is 41.6 cm³/mol. The Morgan fingerprint density at radius 2 is 1.91 bits per heavy atom. The number of rotatable bonds is 2. The van der Waals surface area contributed by atoms with E-state index in [2.05, 4.69) is 6.58 Å². The molecule has 0 heterocycles. The van der Waals surface area contributed by atoms with Gasteiger partial charge in [0, 0.05) is 5.56 Å². The van der Waals surface area contributed by atoms with Gasteiger partial charge in [-0.15, -0.1) is 0 Å².